The van der Waals surface area contributed by atoms with E-state index in [2.05, 4.69) is 15.3 Å². The Bertz CT molecular complexity index is 359. The molecule has 2 N–H and O–H groups in total. The molecule has 0 amide bonds. The maximum absolute atomic E-state index is 10.8. The van der Waals surface area contributed by atoms with Gasteiger partial charge in [-0.25, -0.2) is 14.8 Å². The second kappa shape index (κ2) is 7.53. The number of rotatable bonds is 8. The molecule has 7 nitrogen and oxygen atoms in total. The van der Waals surface area contributed by atoms with Crippen molar-refractivity contribution in [3.8, 4) is 0 Å². The van der Waals surface area contributed by atoms with Gasteiger partial charge in [0.15, 0.2) is 11.5 Å². The number of nitrogens with one attached hydrogen (secondary N) is 1. The first-order valence-electron chi connectivity index (χ1n) is 5.10. The summed E-state index contributed by atoms with van der Waals surface area (Å²) in [6.07, 6.45) is 2.77. The van der Waals surface area contributed by atoms with Crippen LogP contribution in [-0.2, 0) is 9.47 Å². The zero-order valence-electron chi connectivity index (χ0n) is 9.55. The van der Waals surface area contributed by atoms with E-state index >= 15 is 0 Å². The van der Waals surface area contributed by atoms with E-state index in [4.69, 9.17) is 14.6 Å². The van der Waals surface area contributed by atoms with E-state index in [0.717, 1.165) is 0 Å². The lowest BCUT2D eigenvalue weighted by Crippen LogP contribution is -2.15. The van der Waals surface area contributed by atoms with Crippen LogP contribution in [0.5, 0.6) is 0 Å². The number of carboxylic acids is 1. The Morgan fingerprint density at radius 1 is 1.35 bits per heavy atom. The highest BCUT2D eigenvalue weighted by atomic mass is 16.5. The molecule has 0 atom stereocenters. The van der Waals surface area contributed by atoms with Crippen LogP contribution in [0.4, 0.5) is 5.82 Å². The van der Waals surface area contributed by atoms with E-state index in [1.165, 1.54) is 12.4 Å². The molecular weight excluding hydrogens is 226 g/mol. The summed E-state index contributed by atoms with van der Waals surface area (Å²) in [4.78, 5) is 18.4. The van der Waals surface area contributed by atoms with Gasteiger partial charge in [0.25, 0.3) is 0 Å². The van der Waals surface area contributed by atoms with Gasteiger partial charge in [0.2, 0.25) is 0 Å². The number of aromatic nitrogens is 2. The molecular formula is C10H15N3O4. The summed E-state index contributed by atoms with van der Waals surface area (Å²) in [7, 11) is 1.60. The van der Waals surface area contributed by atoms with E-state index in [0.29, 0.717) is 26.4 Å². The summed E-state index contributed by atoms with van der Waals surface area (Å²) in [5.41, 5.74) is -0.0932. The molecule has 0 fully saturated rings. The third-order valence-electron chi connectivity index (χ3n) is 1.87. The Kier molecular flexibility index (Phi) is 5.91. The molecule has 17 heavy (non-hydrogen) atoms. The summed E-state index contributed by atoms with van der Waals surface area (Å²) < 4.78 is 10.0. The van der Waals surface area contributed by atoms with Crippen LogP contribution >= 0.6 is 0 Å². The number of hydrogen-bond acceptors (Lipinski definition) is 6. The second-order valence-corrected chi connectivity index (χ2v) is 3.09. The van der Waals surface area contributed by atoms with Crippen molar-refractivity contribution in [2.24, 2.45) is 0 Å². The Hall–Kier alpha value is -1.73. The van der Waals surface area contributed by atoms with Crippen molar-refractivity contribution in [3.05, 3.63) is 18.1 Å². The highest BCUT2D eigenvalue weighted by Crippen LogP contribution is 2.06. The number of hydrogen-bond donors (Lipinski definition) is 2. The van der Waals surface area contributed by atoms with Gasteiger partial charge in [-0.1, -0.05) is 0 Å². The van der Waals surface area contributed by atoms with Crippen LogP contribution in [0.2, 0.25) is 0 Å². The third kappa shape index (κ3) is 4.75. The molecule has 0 radical (unpaired) electrons. The summed E-state index contributed by atoms with van der Waals surface area (Å²) in [5.74, 6) is -0.865. The highest BCUT2D eigenvalue weighted by molar-refractivity contribution is 5.90. The maximum Gasteiger partial charge on any atom is 0.358 e. The van der Waals surface area contributed by atoms with Crippen molar-refractivity contribution in [2.75, 3.05) is 38.8 Å². The molecule has 0 aliphatic carbocycles. The van der Waals surface area contributed by atoms with Crippen LogP contribution in [0.25, 0.3) is 0 Å². The van der Waals surface area contributed by atoms with Crippen LogP contribution in [0.1, 0.15) is 10.5 Å². The summed E-state index contributed by atoms with van der Waals surface area (Å²) in [6, 6.07) is 0. The molecule has 0 spiro atoms. The molecule has 0 aliphatic rings. The first-order chi connectivity index (χ1) is 8.25. The lowest BCUT2D eigenvalue weighted by Gasteiger charge is -2.07. The van der Waals surface area contributed by atoms with Crippen LogP contribution in [0.3, 0.4) is 0 Å². The first-order valence-corrected chi connectivity index (χ1v) is 5.10. The van der Waals surface area contributed by atoms with E-state index in [-0.39, 0.29) is 11.5 Å². The molecule has 0 unspecified atom stereocenters. The SMILES string of the molecule is COCCOCCNc1nccnc1C(=O)O. The fourth-order valence-electron chi connectivity index (χ4n) is 1.11. The predicted molar refractivity (Wildman–Crippen MR) is 60.2 cm³/mol. The molecule has 1 rings (SSSR count). The normalized spacial score (nSPS) is 10.2. The molecule has 0 saturated heterocycles. The molecule has 7 heteroatoms. The molecule has 0 aromatic carbocycles. The quantitative estimate of drug-likeness (QED) is 0.630. The van der Waals surface area contributed by atoms with Crippen molar-refractivity contribution in [2.45, 2.75) is 0 Å². The lowest BCUT2D eigenvalue weighted by molar-refractivity contribution is 0.0690. The number of carbonyl (C=O) groups is 1. The number of ether oxygens (including phenoxy) is 2. The van der Waals surface area contributed by atoms with E-state index < -0.39 is 5.97 Å². The molecule has 1 heterocycles. The van der Waals surface area contributed by atoms with Gasteiger partial charge in [-0.3, -0.25) is 0 Å². The molecule has 0 saturated carbocycles. The third-order valence-corrected chi connectivity index (χ3v) is 1.87. The van der Waals surface area contributed by atoms with Gasteiger partial charge < -0.3 is 19.9 Å². The average molecular weight is 241 g/mol. The monoisotopic (exact) mass is 241 g/mol. The molecule has 94 valence electrons. The van der Waals surface area contributed by atoms with E-state index in [9.17, 15) is 4.79 Å². The highest BCUT2D eigenvalue weighted by Gasteiger charge is 2.11. The topological polar surface area (TPSA) is 93.6 Å². The van der Waals surface area contributed by atoms with Crippen molar-refractivity contribution in [3.63, 3.8) is 0 Å². The van der Waals surface area contributed by atoms with Crippen LogP contribution in [0, 0.1) is 0 Å². The van der Waals surface area contributed by atoms with Gasteiger partial charge in [-0.15, -0.1) is 0 Å². The van der Waals surface area contributed by atoms with Gasteiger partial charge in [0.05, 0.1) is 19.8 Å². The summed E-state index contributed by atoms with van der Waals surface area (Å²) in [6.45, 7) is 1.94. The van der Waals surface area contributed by atoms with Crippen molar-refractivity contribution in [1.82, 2.24) is 9.97 Å². The number of carboxylic acid groups (broad SMARTS) is 1. The van der Waals surface area contributed by atoms with Crippen molar-refractivity contribution >= 4 is 11.8 Å². The zero-order valence-corrected chi connectivity index (χ0v) is 9.55. The van der Waals surface area contributed by atoms with Crippen molar-refractivity contribution in [1.29, 1.82) is 0 Å². The largest absolute Gasteiger partial charge is 0.476 e. The lowest BCUT2D eigenvalue weighted by atomic mass is 10.4. The van der Waals surface area contributed by atoms with Gasteiger partial charge >= 0.3 is 5.97 Å². The number of methoxy groups -OCH3 is 1. The van der Waals surface area contributed by atoms with Gasteiger partial charge in [-0.05, 0) is 0 Å². The number of nitrogens with zero attached hydrogens (tertiary/aromatic N) is 2. The fraction of sp³-hybridized carbons (Fsp3) is 0.500. The summed E-state index contributed by atoms with van der Waals surface area (Å²) >= 11 is 0. The predicted octanol–water partition coefficient (Wildman–Crippen LogP) is 0.250. The average Bonchev–Trinajstić information content (AvgIpc) is 2.34. The number of aromatic carboxylic acids is 1. The molecule has 0 aliphatic heterocycles. The van der Waals surface area contributed by atoms with Crippen LogP contribution in [-0.4, -0.2) is 54.5 Å². The second-order valence-electron chi connectivity index (χ2n) is 3.09. The number of anilines is 1. The molecule has 0 bridgehead atoms. The van der Waals surface area contributed by atoms with Crippen molar-refractivity contribution < 1.29 is 19.4 Å². The van der Waals surface area contributed by atoms with Crippen LogP contribution in [0.15, 0.2) is 12.4 Å². The van der Waals surface area contributed by atoms with E-state index in [1.54, 1.807) is 7.11 Å². The maximum atomic E-state index is 10.8. The Labute approximate surface area is 98.8 Å². The molecule has 1 aromatic heterocycles. The molecule has 1 aromatic rings. The minimum Gasteiger partial charge on any atom is -0.476 e. The van der Waals surface area contributed by atoms with Gasteiger partial charge in [0.1, 0.15) is 0 Å². The Balaban J connectivity index is 2.34. The summed E-state index contributed by atoms with van der Waals surface area (Å²) in [5, 5.41) is 11.7. The van der Waals surface area contributed by atoms with Gasteiger partial charge in [-0.2, -0.15) is 0 Å². The Morgan fingerprint density at radius 3 is 2.82 bits per heavy atom. The zero-order chi connectivity index (χ0) is 12.5. The minimum atomic E-state index is -1.11. The smallest absolute Gasteiger partial charge is 0.358 e. The first kappa shape index (κ1) is 13.3. The minimum absolute atomic E-state index is 0.0932. The Morgan fingerprint density at radius 2 is 2.12 bits per heavy atom. The standard InChI is InChI=1S/C10H15N3O4/c1-16-6-7-17-5-4-13-9-8(10(14)15)11-2-3-12-9/h2-3H,4-7H2,1H3,(H,12,13)(H,14,15). The van der Waals surface area contributed by atoms with E-state index in [1.807, 2.05) is 0 Å². The van der Waals surface area contributed by atoms with Gasteiger partial charge in [0, 0.05) is 26.0 Å². The van der Waals surface area contributed by atoms with Crippen LogP contribution < -0.4 is 5.32 Å². The fourth-order valence-corrected chi connectivity index (χ4v) is 1.11.